The molecule has 1 fully saturated rings. The van der Waals surface area contributed by atoms with Gasteiger partial charge in [-0.1, -0.05) is 42.0 Å². The summed E-state index contributed by atoms with van der Waals surface area (Å²) in [5, 5.41) is 3.53. The van der Waals surface area contributed by atoms with Gasteiger partial charge in [-0.05, 0) is 37.2 Å². The van der Waals surface area contributed by atoms with E-state index in [1.54, 1.807) is 0 Å². The molecular formula is C20H27N3. The van der Waals surface area contributed by atoms with E-state index in [1.165, 1.54) is 22.4 Å². The molecule has 2 aromatic carbocycles. The van der Waals surface area contributed by atoms with Crippen LogP contribution in [0, 0.1) is 6.92 Å². The minimum Gasteiger partial charge on any atom is -0.369 e. The number of piperazine rings is 1. The fourth-order valence-corrected chi connectivity index (χ4v) is 3.06. The zero-order valence-electron chi connectivity index (χ0n) is 14.3. The van der Waals surface area contributed by atoms with Crippen LogP contribution in [-0.2, 0) is 13.1 Å². The number of aryl methyl sites for hydroxylation is 1. The fourth-order valence-electron chi connectivity index (χ4n) is 3.06. The molecular weight excluding hydrogens is 282 g/mol. The van der Waals surface area contributed by atoms with Crippen molar-refractivity contribution in [2.45, 2.75) is 20.0 Å². The van der Waals surface area contributed by atoms with Gasteiger partial charge in [-0.3, -0.25) is 0 Å². The molecule has 0 bridgehead atoms. The van der Waals surface area contributed by atoms with Crippen molar-refractivity contribution in [1.29, 1.82) is 0 Å². The molecule has 0 amide bonds. The quantitative estimate of drug-likeness (QED) is 0.916. The molecule has 0 unspecified atom stereocenters. The summed E-state index contributed by atoms with van der Waals surface area (Å²) in [6.07, 6.45) is 0. The Hall–Kier alpha value is -1.84. The molecule has 0 aliphatic carbocycles. The van der Waals surface area contributed by atoms with Crippen LogP contribution in [0.15, 0.2) is 48.5 Å². The lowest BCUT2D eigenvalue weighted by molar-refractivity contribution is 0.313. The minimum absolute atomic E-state index is 0.914. The summed E-state index contributed by atoms with van der Waals surface area (Å²) in [7, 11) is 2.19. The summed E-state index contributed by atoms with van der Waals surface area (Å²) in [5.41, 5.74) is 5.36. The average Bonchev–Trinajstić information content (AvgIpc) is 2.56. The maximum absolute atomic E-state index is 3.53. The van der Waals surface area contributed by atoms with Crippen LogP contribution in [0.3, 0.4) is 0 Å². The van der Waals surface area contributed by atoms with Crippen LogP contribution in [0.1, 0.15) is 16.7 Å². The highest BCUT2D eigenvalue weighted by Gasteiger charge is 2.13. The largest absolute Gasteiger partial charge is 0.369 e. The maximum atomic E-state index is 3.53. The SMILES string of the molecule is Cc1cccc(CNCc2ccc(N3CCN(C)CC3)cc2)c1. The van der Waals surface area contributed by atoms with Crippen LogP contribution in [-0.4, -0.2) is 38.1 Å². The van der Waals surface area contributed by atoms with E-state index in [-0.39, 0.29) is 0 Å². The first-order valence-electron chi connectivity index (χ1n) is 8.49. The molecule has 1 aliphatic rings. The summed E-state index contributed by atoms with van der Waals surface area (Å²) >= 11 is 0. The van der Waals surface area contributed by atoms with E-state index >= 15 is 0 Å². The number of likely N-dealkylation sites (N-methyl/N-ethyl adjacent to an activating group) is 1. The van der Waals surface area contributed by atoms with Gasteiger partial charge in [0, 0.05) is 45.0 Å². The number of hydrogen-bond acceptors (Lipinski definition) is 3. The highest BCUT2D eigenvalue weighted by Crippen LogP contribution is 2.17. The van der Waals surface area contributed by atoms with Crippen LogP contribution in [0.4, 0.5) is 5.69 Å². The van der Waals surface area contributed by atoms with Crippen molar-refractivity contribution in [2.24, 2.45) is 0 Å². The molecule has 3 rings (SSSR count). The lowest BCUT2D eigenvalue weighted by atomic mass is 10.1. The molecule has 0 radical (unpaired) electrons. The first-order chi connectivity index (χ1) is 11.2. The Morgan fingerprint density at radius 1 is 0.870 bits per heavy atom. The topological polar surface area (TPSA) is 18.5 Å². The third-order valence-corrected chi connectivity index (χ3v) is 4.55. The summed E-state index contributed by atoms with van der Waals surface area (Å²) in [6.45, 7) is 8.53. The number of nitrogens with one attached hydrogen (secondary N) is 1. The lowest BCUT2D eigenvalue weighted by Gasteiger charge is -2.34. The zero-order chi connectivity index (χ0) is 16.1. The molecule has 1 N–H and O–H groups in total. The van der Waals surface area contributed by atoms with Gasteiger partial charge in [0.25, 0.3) is 0 Å². The summed E-state index contributed by atoms with van der Waals surface area (Å²) in [4.78, 5) is 4.87. The fraction of sp³-hybridized carbons (Fsp3) is 0.400. The van der Waals surface area contributed by atoms with Gasteiger partial charge in [-0.15, -0.1) is 0 Å². The van der Waals surface area contributed by atoms with Crippen LogP contribution in [0.2, 0.25) is 0 Å². The van der Waals surface area contributed by atoms with E-state index in [0.717, 1.165) is 39.3 Å². The monoisotopic (exact) mass is 309 g/mol. The van der Waals surface area contributed by atoms with E-state index < -0.39 is 0 Å². The smallest absolute Gasteiger partial charge is 0.0367 e. The molecule has 0 aromatic heterocycles. The molecule has 3 nitrogen and oxygen atoms in total. The van der Waals surface area contributed by atoms with Gasteiger partial charge in [0.1, 0.15) is 0 Å². The number of benzene rings is 2. The Labute approximate surface area is 139 Å². The van der Waals surface area contributed by atoms with Crippen molar-refractivity contribution >= 4 is 5.69 Å². The normalized spacial score (nSPS) is 15.8. The summed E-state index contributed by atoms with van der Waals surface area (Å²) in [5.74, 6) is 0. The van der Waals surface area contributed by atoms with Crippen molar-refractivity contribution in [3.8, 4) is 0 Å². The van der Waals surface area contributed by atoms with Gasteiger partial charge < -0.3 is 15.1 Å². The molecule has 1 saturated heterocycles. The van der Waals surface area contributed by atoms with Crippen molar-refractivity contribution in [3.05, 3.63) is 65.2 Å². The first-order valence-corrected chi connectivity index (χ1v) is 8.49. The van der Waals surface area contributed by atoms with Crippen LogP contribution < -0.4 is 10.2 Å². The standard InChI is InChI=1S/C20H27N3/c1-17-4-3-5-19(14-17)16-21-15-18-6-8-20(9-7-18)23-12-10-22(2)11-13-23/h3-9,14,21H,10-13,15-16H2,1-2H3. The van der Waals surface area contributed by atoms with Crippen LogP contribution in [0.5, 0.6) is 0 Å². The average molecular weight is 309 g/mol. The second-order valence-corrected chi connectivity index (χ2v) is 6.55. The first kappa shape index (κ1) is 16.0. The molecule has 2 aromatic rings. The molecule has 0 spiro atoms. The Morgan fingerprint density at radius 2 is 1.57 bits per heavy atom. The minimum atomic E-state index is 0.914. The molecule has 0 saturated carbocycles. The van der Waals surface area contributed by atoms with Gasteiger partial charge in [0.15, 0.2) is 0 Å². The number of hydrogen-bond donors (Lipinski definition) is 1. The zero-order valence-corrected chi connectivity index (χ0v) is 14.3. The number of nitrogens with zero attached hydrogens (tertiary/aromatic N) is 2. The van der Waals surface area contributed by atoms with Crippen LogP contribution in [0.25, 0.3) is 0 Å². The van der Waals surface area contributed by atoms with Gasteiger partial charge in [-0.2, -0.15) is 0 Å². The second kappa shape index (κ2) is 7.62. The Bertz CT molecular complexity index is 613. The molecule has 3 heteroatoms. The second-order valence-electron chi connectivity index (χ2n) is 6.55. The van der Waals surface area contributed by atoms with E-state index in [9.17, 15) is 0 Å². The summed E-state index contributed by atoms with van der Waals surface area (Å²) in [6, 6.07) is 17.7. The van der Waals surface area contributed by atoms with Crippen molar-refractivity contribution in [3.63, 3.8) is 0 Å². The molecule has 1 heterocycles. The Kier molecular flexibility index (Phi) is 5.31. The molecule has 122 valence electrons. The van der Waals surface area contributed by atoms with Gasteiger partial charge >= 0.3 is 0 Å². The lowest BCUT2D eigenvalue weighted by Crippen LogP contribution is -2.44. The molecule has 0 atom stereocenters. The number of anilines is 1. The highest BCUT2D eigenvalue weighted by atomic mass is 15.2. The highest BCUT2D eigenvalue weighted by molar-refractivity contribution is 5.48. The predicted octanol–water partition coefficient (Wildman–Crippen LogP) is 3.04. The summed E-state index contributed by atoms with van der Waals surface area (Å²) < 4.78 is 0. The third kappa shape index (κ3) is 4.57. The van der Waals surface area contributed by atoms with Gasteiger partial charge in [0.05, 0.1) is 0 Å². The van der Waals surface area contributed by atoms with Gasteiger partial charge in [0.2, 0.25) is 0 Å². The maximum Gasteiger partial charge on any atom is 0.0367 e. The van der Waals surface area contributed by atoms with Crippen molar-refractivity contribution in [1.82, 2.24) is 10.2 Å². The Balaban J connectivity index is 1.49. The Morgan fingerprint density at radius 3 is 2.26 bits per heavy atom. The molecule has 23 heavy (non-hydrogen) atoms. The van der Waals surface area contributed by atoms with Crippen LogP contribution >= 0.6 is 0 Å². The molecule has 1 aliphatic heterocycles. The van der Waals surface area contributed by atoms with E-state index in [1.807, 2.05) is 0 Å². The van der Waals surface area contributed by atoms with Crippen molar-refractivity contribution < 1.29 is 0 Å². The van der Waals surface area contributed by atoms with Crippen molar-refractivity contribution in [2.75, 3.05) is 38.1 Å². The third-order valence-electron chi connectivity index (χ3n) is 4.55. The number of rotatable bonds is 5. The van der Waals surface area contributed by atoms with Gasteiger partial charge in [-0.25, -0.2) is 0 Å². The van der Waals surface area contributed by atoms with E-state index in [4.69, 9.17) is 0 Å². The van der Waals surface area contributed by atoms with E-state index in [2.05, 4.69) is 77.6 Å². The van der Waals surface area contributed by atoms with E-state index in [0.29, 0.717) is 0 Å². The predicted molar refractivity (Wildman–Crippen MR) is 97.9 cm³/mol.